The number of amides is 4. The number of nitrogens with two attached hydrogens (primary N) is 2. The highest BCUT2D eigenvalue weighted by Crippen LogP contribution is 2.16. The first-order chi connectivity index (χ1) is 22.5. The molecule has 15 heteroatoms. The van der Waals surface area contributed by atoms with Crippen molar-refractivity contribution in [2.24, 2.45) is 16.5 Å². The van der Waals surface area contributed by atoms with Crippen LogP contribution in [0.5, 0.6) is 0 Å². The van der Waals surface area contributed by atoms with E-state index in [0.29, 0.717) is 6.42 Å². The van der Waals surface area contributed by atoms with Crippen molar-refractivity contribution in [1.82, 2.24) is 16.0 Å². The van der Waals surface area contributed by atoms with Gasteiger partial charge in [0.2, 0.25) is 17.7 Å². The Morgan fingerprint density at radius 3 is 2.00 bits per heavy atom. The molecule has 0 spiro atoms. The maximum absolute atomic E-state index is 13.7. The van der Waals surface area contributed by atoms with E-state index >= 15 is 0 Å². The lowest BCUT2D eigenvalue weighted by Crippen LogP contribution is -2.56. The van der Waals surface area contributed by atoms with Gasteiger partial charge in [-0.25, -0.2) is 4.79 Å². The third-order valence-corrected chi connectivity index (χ3v) is 6.78. The average molecular weight is 647 g/mol. The zero-order chi connectivity index (χ0) is 34.2. The molecule has 15 nitrogen and oxygen atoms in total. The van der Waals surface area contributed by atoms with Crippen molar-refractivity contribution in [3.63, 3.8) is 0 Å². The average Bonchev–Trinajstić information content (AvgIpc) is 3.05. The number of anilines is 1. The lowest BCUT2D eigenvalue weighted by molar-refractivity contribution is -0.384. The van der Waals surface area contributed by atoms with Gasteiger partial charge >= 0.3 is 6.09 Å². The maximum atomic E-state index is 13.7. The normalized spacial score (nSPS) is 12.4. The van der Waals surface area contributed by atoms with Crippen molar-refractivity contribution in [3.05, 3.63) is 106 Å². The van der Waals surface area contributed by atoms with Gasteiger partial charge in [0.15, 0.2) is 5.96 Å². The Labute approximate surface area is 271 Å². The minimum Gasteiger partial charge on any atom is -0.445 e. The molecule has 3 aromatic rings. The van der Waals surface area contributed by atoms with Crippen molar-refractivity contribution in [2.45, 2.75) is 50.9 Å². The molecule has 0 saturated carbocycles. The van der Waals surface area contributed by atoms with E-state index in [-0.39, 0.29) is 43.3 Å². The highest BCUT2D eigenvalue weighted by molar-refractivity contribution is 5.99. The van der Waals surface area contributed by atoms with Crippen LogP contribution < -0.4 is 32.7 Å². The highest BCUT2D eigenvalue weighted by atomic mass is 16.6. The summed E-state index contributed by atoms with van der Waals surface area (Å²) in [5.74, 6) is -2.04. The number of hydrogen-bond donors (Lipinski definition) is 6. The summed E-state index contributed by atoms with van der Waals surface area (Å²) in [6.07, 6.45) is -0.296. The molecule has 3 rings (SSSR count). The van der Waals surface area contributed by atoms with Crippen LogP contribution in [0.2, 0.25) is 0 Å². The van der Waals surface area contributed by atoms with Crippen molar-refractivity contribution in [2.75, 3.05) is 11.9 Å². The number of nitro groups is 1. The van der Waals surface area contributed by atoms with Gasteiger partial charge in [0.05, 0.1) is 4.92 Å². The van der Waals surface area contributed by atoms with Gasteiger partial charge in [-0.15, -0.1) is 0 Å². The number of nitro benzene ring substituents is 1. The number of rotatable bonds is 16. The summed E-state index contributed by atoms with van der Waals surface area (Å²) in [5.41, 5.74) is 12.4. The lowest BCUT2D eigenvalue weighted by Gasteiger charge is -2.24. The van der Waals surface area contributed by atoms with E-state index in [1.165, 1.54) is 31.2 Å². The summed E-state index contributed by atoms with van der Waals surface area (Å²) in [4.78, 5) is 66.8. The fraction of sp³-hybridized carbons (Fsp3) is 0.281. The number of aliphatic imine (C=N–C) groups is 1. The Balaban J connectivity index is 1.72. The Bertz CT molecular complexity index is 1530. The quantitative estimate of drug-likeness (QED) is 0.0439. The van der Waals surface area contributed by atoms with Crippen LogP contribution in [0.4, 0.5) is 16.2 Å². The van der Waals surface area contributed by atoms with Crippen molar-refractivity contribution in [3.8, 4) is 0 Å². The zero-order valence-corrected chi connectivity index (χ0v) is 25.8. The first kappa shape index (κ1) is 35.5. The van der Waals surface area contributed by atoms with Crippen LogP contribution >= 0.6 is 0 Å². The van der Waals surface area contributed by atoms with Crippen LogP contribution in [0.25, 0.3) is 0 Å². The molecular formula is C32H38N8O7. The first-order valence-corrected chi connectivity index (χ1v) is 14.7. The minimum absolute atomic E-state index is 0.00651. The van der Waals surface area contributed by atoms with Gasteiger partial charge in [-0.3, -0.25) is 29.5 Å². The van der Waals surface area contributed by atoms with Crippen LogP contribution in [0.15, 0.2) is 89.9 Å². The van der Waals surface area contributed by atoms with E-state index in [9.17, 15) is 29.3 Å². The molecule has 0 aliphatic rings. The molecule has 0 aliphatic carbocycles. The van der Waals surface area contributed by atoms with Crippen LogP contribution in [-0.2, 0) is 32.1 Å². The molecule has 0 fully saturated rings. The summed E-state index contributed by atoms with van der Waals surface area (Å²) in [6.45, 7) is 1.64. The molecule has 3 aromatic carbocycles. The maximum Gasteiger partial charge on any atom is 0.408 e. The topological polar surface area (TPSA) is 233 Å². The SMILES string of the molecule is C[C@H](NC(=O)OCc1ccccc1)C(=O)N[C@@H](Cc1ccccc1)C(=O)N[C@@H](CCCN=C(N)N)C(=O)Nc1ccc([N+](=O)[O-])cc1. The molecule has 8 N–H and O–H groups in total. The van der Waals surface area contributed by atoms with E-state index in [1.807, 2.05) is 6.07 Å². The molecule has 0 heterocycles. The minimum atomic E-state index is -1.14. The molecule has 248 valence electrons. The fourth-order valence-corrected chi connectivity index (χ4v) is 4.30. The number of ether oxygens (including phenoxy) is 1. The number of nitrogens with zero attached hydrogens (tertiary/aromatic N) is 2. The Hall–Kier alpha value is -5.99. The second kappa shape index (κ2) is 18.1. The van der Waals surface area contributed by atoms with Gasteiger partial charge in [0.1, 0.15) is 24.7 Å². The number of non-ortho nitro benzene ring substituents is 1. The van der Waals surface area contributed by atoms with Gasteiger partial charge in [-0.05, 0) is 43.0 Å². The lowest BCUT2D eigenvalue weighted by atomic mass is 10.0. The predicted molar refractivity (Wildman–Crippen MR) is 175 cm³/mol. The van der Waals surface area contributed by atoms with E-state index < -0.39 is 46.9 Å². The molecule has 0 saturated heterocycles. The number of carbonyl (C=O) groups is 4. The van der Waals surface area contributed by atoms with Crippen LogP contribution in [0.1, 0.15) is 30.9 Å². The predicted octanol–water partition coefficient (Wildman–Crippen LogP) is 2.11. The van der Waals surface area contributed by atoms with E-state index in [0.717, 1.165) is 11.1 Å². The van der Waals surface area contributed by atoms with E-state index in [2.05, 4.69) is 26.3 Å². The summed E-state index contributed by atoms with van der Waals surface area (Å²) in [7, 11) is 0. The molecule has 0 aliphatic heterocycles. The molecule has 4 amide bonds. The number of alkyl carbamates (subject to hydrolysis) is 1. The molecule has 47 heavy (non-hydrogen) atoms. The Morgan fingerprint density at radius 2 is 1.40 bits per heavy atom. The monoisotopic (exact) mass is 646 g/mol. The smallest absolute Gasteiger partial charge is 0.408 e. The highest BCUT2D eigenvalue weighted by Gasteiger charge is 2.29. The van der Waals surface area contributed by atoms with Gasteiger partial charge in [-0.1, -0.05) is 60.7 Å². The Morgan fingerprint density at radius 1 is 0.809 bits per heavy atom. The largest absolute Gasteiger partial charge is 0.445 e. The van der Waals surface area contributed by atoms with Gasteiger partial charge in [0, 0.05) is 30.8 Å². The van der Waals surface area contributed by atoms with Crippen molar-refractivity contribution < 1.29 is 28.8 Å². The van der Waals surface area contributed by atoms with E-state index in [4.69, 9.17) is 16.2 Å². The number of benzene rings is 3. The van der Waals surface area contributed by atoms with Crippen LogP contribution in [-0.4, -0.2) is 59.4 Å². The number of nitrogens with one attached hydrogen (secondary N) is 4. The third kappa shape index (κ3) is 12.5. The number of hydrogen-bond acceptors (Lipinski definition) is 8. The summed E-state index contributed by atoms with van der Waals surface area (Å²) in [5, 5.41) is 21.5. The zero-order valence-electron chi connectivity index (χ0n) is 25.8. The molecule has 0 bridgehead atoms. The summed E-state index contributed by atoms with van der Waals surface area (Å²) in [6, 6.07) is 19.9. The molecule has 3 atom stereocenters. The van der Waals surface area contributed by atoms with Crippen LogP contribution in [0, 0.1) is 10.1 Å². The molecule has 0 aromatic heterocycles. The number of guanidine groups is 1. The molecular weight excluding hydrogens is 608 g/mol. The van der Waals surface area contributed by atoms with Crippen molar-refractivity contribution >= 4 is 41.1 Å². The third-order valence-electron chi connectivity index (χ3n) is 6.78. The van der Waals surface area contributed by atoms with Gasteiger partial charge in [0.25, 0.3) is 5.69 Å². The van der Waals surface area contributed by atoms with Gasteiger partial charge < -0.3 is 37.5 Å². The van der Waals surface area contributed by atoms with Gasteiger partial charge in [-0.2, -0.15) is 0 Å². The fourth-order valence-electron chi connectivity index (χ4n) is 4.30. The number of carbonyl (C=O) groups excluding carboxylic acids is 4. The molecule has 0 unspecified atom stereocenters. The van der Waals surface area contributed by atoms with Crippen molar-refractivity contribution in [1.29, 1.82) is 0 Å². The second-order valence-electron chi connectivity index (χ2n) is 10.5. The van der Waals surface area contributed by atoms with E-state index in [1.54, 1.807) is 54.6 Å². The summed E-state index contributed by atoms with van der Waals surface area (Å²) >= 11 is 0. The second-order valence-corrected chi connectivity index (χ2v) is 10.5. The first-order valence-electron chi connectivity index (χ1n) is 14.7. The van der Waals surface area contributed by atoms with Crippen LogP contribution in [0.3, 0.4) is 0 Å². The summed E-state index contributed by atoms with van der Waals surface area (Å²) < 4.78 is 5.19. The molecule has 0 radical (unpaired) electrons. The Kier molecular flexibility index (Phi) is 13.7. The standard InChI is InChI=1S/C32H38N8O7/c1-21(36-32(44)47-20-23-11-6-3-7-12-23)28(41)39-27(19-22-9-4-2-5-10-22)30(43)38-26(13-8-18-35-31(33)34)29(42)37-24-14-16-25(17-15-24)40(45)46/h2-7,9-12,14-17,21,26-27H,8,13,18-20H2,1H3,(H,36,44)(H,37,42)(H,38,43)(H,39,41)(H4,33,34,35)/t21-,26-,27-/m0/s1.